The molecule has 0 aliphatic heterocycles. The minimum absolute atomic E-state index is 0.0813. The average molecular weight is 346 g/mol. The van der Waals surface area contributed by atoms with Crippen LogP contribution in [-0.4, -0.2) is 36.9 Å². The molecule has 3 atom stereocenters. The van der Waals surface area contributed by atoms with E-state index in [2.05, 4.69) is 0 Å². The minimum atomic E-state index is -3.71. The predicted molar refractivity (Wildman–Crippen MR) is 80.4 cm³/mol. The van der Waals surface area contributed by atoms with Crippen LogP contribution in [0.2, 0.25) is 0 Å². The highest BCUT2D eigenvalue weighted by molar-refractivity contribution is 7.90. The van der Waals surface area contributed by atoms with Crippen molar-refractivity contribution in [2.45, 2.75) is 61.0 Å². The minimum Gasteiger partial charge on any atom is -0.393 e. The number of hydrogen-bond acceptors (Lipinski definition) is 4. The van der Waals surface area contributed by atoms with Gasteiger partial charge in [-0.15, -0.1) is 0 Å². The van der Waals surface area contributed by atoms with E-state index in [0.717, 1.165) is 19.1 Å². The Balaban J connectivity index is 2.15. The zero-order valence-electron chi connectivity index (χ0n) is 12.8. The lowest BCUT2D eigenvalue weighted by atomic mass is 9.80. The summed E-state index contributed by atoms with van der Waals surface area (Å²) in [5, 5.41) is 19.8. The van der Waals surface area contributed by atoms with Gasteiger partial charge >= 0.3 is 0 Å². The molecule has 0 spiro atoms. The van der Waals surface area contributed by atoms with Gasteiger partial charge < -0.3 is 10.2 Å². The number of sulfone groups is 1. The van der Waals surface area contributed by atoms with Crippen molar-refractivity contribution >= 4 is 9.84 Å². The van der Waals surface area contributed by atoms with Crippen LogP contribution in [-0.2, 0) is 16.3 Å². The van der Waals surface area contributed by atoms with Gasteiger partial charge in [-0.05, 0) is 42.4 Å². The molecule has 128 valence electrons. The molecule has 2 aliphatic carbocycles. The summed E-state index contributed by atoms with van der Waals surface area (Å²) in [5.74, 6) is -3.45. The summed E-state index contributed by atoms with van der Waals surface area (Å²) in [6.45, 7) is 0. The van der Waals surface area contributed by atoms with E-state index in [4.69, 9.17) is 0 Å². The van der Waals surface area contributed by atoms with Crippen LogP contribution >= 0.6 is 0 Å². The molecule has 1 saturated carbocycles. The van der Waals surface area contributed by atoms with Gasteiger partial charge in [0.1, 0.15) is 6.10 Å². The number of rotatable bonds is 2. The number of benzene rings is 1. The van der Waals surface area contributed by atoms with Crippen molar-refractivity contribution in [3.8, 4) is 0 Å². The topological polar surface area (TPSA) is 74.6 Å². The monoisotopic (exact) mass is 346 g/mol. The van der Waals surface area contributed by atoms with Gasteiger partial charge in [0.15, 0.2) is 9.84 Å². The zero-order valence-corrected chi connectivity index (χ0v) is 13.6. The molecule has 2 N–H and O–H groups in total. The molecule has 4 nitrogen and oxygen atoms in total. The third kappa shape index (κ3) is 2.90. The molecule has 3 rings (SSSR count). The number of aliphatic hydroxyl groups is 2. The number of fused-ring (bicyclic) bond motifs is 1. The van der Waals surface area contributed by atoms with Crippen LogP contribution < -0.4 is 0 Å². The van der Waals surface area contributed by atoms with Gasteiger partial charge in [-0.1, -0.05) is 12.5 Å². The van der Waals surface area contributed by atoms with Gasteiger partial charge in [0.05, 0.1) is 11.0 Å². The summed E-state index contributed by atoms with van der Waals surface area (Å²) in [7, 11) is -3.71. The molecule has 1 fully saturated rings. The fourth-order valence-corrected chi connectivity index (χ4v) is 4.80. The Morgan fingerprint density at radius 2 is 1.91 bits per heavy atom. The molecule has 2 aliphatic rings. The molecule has 7 heteroatoms. The van der Waals surface area contributed by atoms with Crippen LogP contribution in [0.4, 0.5) is 8.78 Å². The first-order valence-corrected chi connectivity index (χ1v) is 9.60. The lowest BCUT2D eigenvalue weighted by Gasteiger charge is -2.28. The predicted octanol–water partition coefficient (Wildman–Crippen LogP) is 2.33. The molecule has 1 aromatic carbocycles. The van der Waals surface area contributed by atoms with E-state index in [1.807, 2.05) is 0 Å². The number of halogens is 2. The highest BCUT2D eigenvalue weighted by Crippen LogP contribution is 2.49. The highest BCUT2D eigenvalue weighted by atomic mass is 32.2. The third-order valence-corrected chi connectivity index (χ3v) is 6.08. The van der Waals surface area contributed by atoms with E-state index >= 15 is 0 Å². The maximum absolute atomic E-state index is 14.0. The summed E-state index contributed by atoms with van der Waals surface area (Å²) in [4.78, 5) is -0.225. The molecule has 0 bridgehead atoms. The fourth-order valence-electron chi connectivity index (χ4n) is 3.85. The quantitative estimate of drug-likeness (QED) is 0.862. The van der Waals surface area contributed by atoms with Crippen LogP contribution in [0.3, 0.4) is 0 Å². The Labute approximate surface area is 134 Å². The number of aliphatic hydroxyl groups excluding tert-OH is 2. The summed E-state index contributed by atoms with van der Waals surface area (Å²) in [6, 6.07) is 2.89. The zero-order chi connectivity index (χ0) is 17.0. The van der Waals surface area contributed by atoms with Crippen molar-refractivity contribution in [2.24, 2.45) is 0 Å². The Hall–Kier alpha value is -1.05. The first kappa shape index (κ1) is 16.8. The van der Waals surface area contributed by atoms with Crippen molar-refractivity contribution in [1.29, 1.82) is 0 Å². The van der Waals surface area contributed by atoms with Gasteiger partial charge in [-0.2, -0.15) is 0 Å². The van der Waals surface area contributed by atoms with Crippen LogP contribution in [0, 0.1) is 0 Å². The van der Waals surface area contributed by atoms with Crippen molar-refractivity contribution in [2.75, 3.05) is 6.26 Å². The van der Waals surface area contributed by atoms with Crippen molar-refractivity contribution in [3.63, 3.8) is 0 Å². The van der Waals surface area contributed by atoms with E-state index in [-0.39, 0.29) is 21.9 Å². The van der Waals surface area contributed by atoms with Gasteiger partial charge in [0.2, 0.25) is 0 Å². The second-order valence-electron chi connectivity index (χ2n) is 6.68. The van der Waals surface area contributed by atoms with E-state index in [0.29, 0.717) is 18.4 Å². The summed E-state index contributed by atoms with van der Waals surface area (Å²) in [6.07, 6.45) is 0.466. The second kappa shape index (κ2) is 5.50. The molecule has 0 unspecified atom stereocenters. The third-order valence-electron chi connectivity index (χ3n) is 4.93. The molecule has 0 amide bonds. The van der Waals surface area contributed by atoms with Crippen LogP contribution in [0.15, 0.2) is 17.0 Å². The second-order valence-corrected chi connectivity index (χ2v) is 8.66. The normalized spacial score (nSPS) is 30.2. The Kier molecular flexibility index (Phi) is 4.01. The molecule has 23 heavy (non-hydrogen) atoms. The molecule has 0 aromatic heterocycles. The van der Waals surface area contributed by atoms with Crippen LogP contribution in [0.1, 0.15) is 54.4 Å². The maximum Gasteiger partial charge on any atom is 0.281 e. The summed E-state index contributed by atoms with van der Waals surface area (Å²) in [5.41, 5.74) is 0.724. The molecule has 0 radical (unpaired) electrons. The molecule has 0 heterocycles. The van der Waals surface area contributed by atoms with Crippen molar-refractivity contribution in [3.05, 3.63) is 28.8 Å². The molecule has 1 aromatic rings. The lowest BCUT2D eigenvalue weighted by Crippen LogP contribution is -2.22. The SMILES string of the molecule is CS(=O)(=O)c1ccc([C@H]2CCC[C@@H](O)C2)c2c1[C@H](O)C(F)(F)C2. The van der Waals surface area contributed by atoms with E-state index in [1.54, 1.807) is 6.07 Å². The first-order valence-electron chi connectivity index (χ1n) is 7.71. The Bertz CT molecular complexity index is 730. The summed E-state index contributed by atoms with van der Waals surface area (Å²) >= 11 is 0. The van der Waals surface area contributed by atoms with Crippen LogP contribution in [0.5, 0.6) is 0 Å². The van der Waals surface area contributed by atoms with Gasteiger partial charge in [-0.3, -0.25) is 0 Å². The van der Waals surface area contributed by atoms with Crippen molar-refractivity contribution < 1.29 is 27.4 Å². The van der Waals surface area contributed by atoms with Gasteiger partial charge in [0.25, 0.3) is 5.92 Å². The fraction of sp³-hybridized carbons (Fsp3) is 0.625. The Morgan fingerprint density at radius 1 is 1.22 bits per heavy atom. The lowest BCUT2D eigenvalue weighted by molar-refractivity contribution is -0.0976. The van der Waals surface area contributed by atoms with Crippen LogP contribution in [0.25, 0.3) is 0 Å². The molecular weight excluding hydrogens is 326 g/mol. The maximum atomic E-state index is 14.0. The smallest absolute Gasteiger partial charge is 0.281 e. The molecule has 0 saturated heterocycles. The highest BCUT2D eigenvalue weighted by Gasteiger charge is 2.50. The Morgan fingerprint density at radius 3 is 2.52 bits per heavy atom. The van der Waals surface area contributed by atoms with E-state index < -0.39 is 34.4 Å². The van der Waals surface area contributed by atoms with E-state index in [1.165, 1.54) is 6.07 Å². The van der Waals surface area contributed by atoms with E-state index in [9.17, 15) is 27.4 Å². The number of hydrogen-bond donors (Lipinski definition) is 2. The largest absolute Gasteiger partial charge is 0.393 e. The first-order chi connectivity index (χ1) is 10.6. The number of alkyl halides is 2. The van der Waals surface area contributed by atoms with Crippen molar-refractivity contribution in [1.82, 2.24) is 0 Å². The van der Waals surface area contributed by atoms with Gasteiger partial charge in [-0.25, -0.2) is 17.2 Å². The molecular formula is C16H20F2O4S. The standard InChI is InChI=1S/C16H20F2O4S/c1-23(21,22)13-6-5-11(9-3-2-4-10(19)7-9)12-8-16(17,18)15(20)14(12)13/h5-6,9-10,15,19-20H,2-4,7-8H2,1H3/t9-,10+,15-/m0/s1. The van der Waals surface area contributed by atoms with Gasteiger partial charge in [0, 0.05) is 18.2 Å². The average Bonchev–Trinajstić information content (AvgIpc) is 2.67. The summed E-state index contributed by atoms with van der Waals surface area (Å²) < 4.78 is 51.8.